The highest BCUT2D eigenvalue weighted by Crippen LogP contribution is 2.20. The molecule has 1 aliphatic carbocycles. The van der Waals surface area contributed by atoms with Crippen LogP contribution in [-0.4, -0.2) is 32.2 Å². The molecule has 0 aromatic carbocycles. The minimum atomic E-state index is -0.389. The highest BCUT2D eigenvalue weighted by atomic mass is 16.6. The van der Waals surface area contributed by atoms with Crippen LogP contribution in [0.1, 0.15) is 31.4 Å². The number of hydrogen-bond donors (Lipinski definition) is 1. The van der Waals surface area contributed by atoms with Crippen LogP contribution in [-0.2, 0) is 11.3 Å². The third-order valence-electron chi connectivity index (χ3n) is 3.46. The van der Waals surface area contributed by atoms with E-state index >= 15 is 0 Å². The third kappa shape index (κ3) is 3.56. The molecule has 0 saturated heterocycles. The van der Waals surface area contributed by atoms with Gasteiger partial charge in [0.25, 0.3) is 0 Å². The van der Waals surface area contributed by atoms with E-state index < -0.39 is 0 Å². The van der Waals surface area contributed by atoms with Crippen LogP contribution >= 0.6 is 0 Å². The highest BCUT2D eigenvalue weighted by molar-refractivity contribution is 5.67. The summed E-state index contributed by atoms with van der Waals surface area (Å²) in [6, 6.07) is 3.67. The molecule has 1 N–H and O–H groups in total. The van der Waals surface area contributed by atoms with Crippen molar-refractivity contribution in [2.75, 3.05) is 0 Å². The number of aromatic nitrogens is 4. The van der Waals surface area contributed by atoms with E-state index in [0.29, 0.717) is 12.2 Å². The maximum atomic E-state index is 11.7. The first-order chi connectivity index (χ1) is 10.3. The van der Waals surface area contributed by atoms with E-state index in [9.17, 15) is 4.79 Å². The van der Waals surface area contributed by atoms with Gasteiger partial charge in [0.05, 0.1) is 18.4 Å². The number of pyridine rings is 1. The minimum absolute atomic E-state index is 0.0671. The van der Waals surface area contributed by atoms with Gasteiger partial charge in [-0.15, -0.1) is 5.10 Å². The predicted molar refractivity (Wildman–Crippen MR) is 74.7 cm³/mol. The van der Waals surface area contributed by atoms with Gasteiger partial charge < -0.3 is 10.1 Å². The van der Waals surface area contributed by atoms with Gasteiger partial charge in [-0.2, -0.15) is 0 Å². The van der Waals surface area contributed by atoms with Crippen molar-refractivity contribution in [3.8, 4) is 5.69 Å². The SMILES string of the molecule is O=C(NCc1cn(-c2ccncc2)nn1)OC1CCCC1. The fourth-order valence-electron chi connectivity index (χ4n) is 2.36. The van der Waals surface area contributed by atoms with Crippen molar-refractivity contribution in [3.05, 3.63) is 36.4 Å². The standard InChI is InChI=1S/C14H17N5O2/c20-14(21-13-3-1-2-4-13)16-9-11-10-19(18-17-11)12-5-7-15-8-6-12/h5-8,10,13H,1-4,9H2,(H,16,20). The highest BCUT2D eigenvalue weighted by Gasteiger charge is 2.19. The topological polar surface area (TPSA) is 81.9 Å². The normalized spacial score (nSPS) is 15.0. The molecule has 0 bridgehead atoms. The molecular formula is C14H17N5O2. The lowest BCUT2D eigenvalue weighted by Crippen LogP contribution is -2.27. The summed E-state index contributed by atoms with van der Waals surface area (Å²) in [5, 5.41) is 10.7. The largest absolute Gasteiger partial charge is 0.446 e. The van der Waals surface area contributed by atoms with Crippen LogP contribution < -0.4 is 5.32 Å². The lowest BCUT2D eigenvalue weighted by molar-refractivity contribution is 0.100. The second kappa shape index (κ2) is 6.34. The van der Waals surface area contributed by atoms with Gasteiger partial charge in [-0.25, -0.2) is 9.48 Å². The second-order valence-corrected chi connectivity index (χ2v) is 5.03. The van der Waals surface area contributed by atoms with Gasteiger partial charge in [0, 0.05) is 12.4 Å². The van der Waals surface area contributed by atoms with Crippen LogP contribution in [0.25, 0.3) is 5.69 Å². The van der Waals surface area contributed by atoms with Crippen LogP contribution in [0, 0.1) is 0 Å². The van der Waals surface area contributed by atoms with Gasteiger partial charge in [0.1, 0.15) is 11.8 Å². The molecule has 2 heterocycles. The Balaban J connectivity index is 1.51. The smallest absolute Gasteiger partial charge is 0.407 e. The van der Waals surface area contributed by atoms with Crippen LogP contribution in [0.5, 0.6) is 0 Å². The summed E-state index contributed by atoms with van der Waals surface area (Å²) < 4.78 is 6.95. The Labute approximate surface area is 122 Å². The predicted octanol–water partition coefficient (Wildman–Crippen LogP) is 1.83. The molecule has 0 radical (unpaired) electrons. The van der Waals surface area contributed by atoms with E-state index in [1.165, 1.54) is 0 Å². The lowest BCUT2D eigenvalue weighted by Gasteiger charge is -2.11. The number of nitrogens with zero attached hydrogens (tertiary/aromatic N) is 4. The van der Waals surface area contributed by atoms with Crippen molar-refractivity contribution in [2.45, 2.75) is 38.3 Å². The Morgan fingerprint density at radius 3 is 2.86 bits per heavy atom. The molecular weight excluding hydrogens is 270 g/mol. The van der Waals surface area contributed by atoms with Gasteiger partial charge in [0.2, 0.25) is 0 Å². The van der Waals surface area contributed by atoms with E-state index in [-0.39, 0.29) is 12.2 Å². The van der Waals surface area contributed by atoms with Crippen LogP contribution in [0.2, 0.25) is 0 Å². The molecule has 1 fully saturated rings. The molecule has 3 rings (SSSR count). The van der Waals surface area contributed by atoms with Crippen LogP contribution in [0.15, 0.2) is 30.7 Å². The molecule has 21 heavy (non-hydrogen) atoms. The Morgan fingerprint density at radius 1 is 1.33 bits per heavy atom. The summed E-state index contributed by atoms with van der Waals surface area (Å²) in [5.74, 6) is 0. The molecule has 2 aromatic heterocycles. The Morgan fingerprint density at radius 2 is 2.10 bits per heavy atom. The fourth-order valence-corrected chi connectivity index (χ4v) is 2.36. The average Bonchev–Trinajstić information content (AvgIpc) is 3.17. The van der Waals surface area contributed by atoms with Crippen molar-refractivity contribution >= 4 is 6.09 Å². The summed E-state index contributed by atoms with van der Waals surface area (Å²) in [5.41, 5.74) is 1.55. The molecule has 2 aromatic rings. The first-order valence-corrected chi connectivity index (χ1v) is 7.07. The number of hydrogen-bond acceptors (Lipinski definition) is 5. The molecule has 1 amide bonds. The fraction of sp³-hybridized carbons (Fsp3) is 0.429. The van der Waals surface area contributed by atoms with Crippen molar-refractivity contribution in [2.24, 2.45) is 0 Å². The van der Waals surface area contributed by atoms with E-state index in [1.807, 2.05) is 12.1 Å². The van der Waals surface area contributed by atoms with Crippen molar-refractivity contribution in [1.29, 1.82) is 0 Å². The zero-order chi connectivity index (χ0) is 14.5. The number of ether oxygens (including phenoxy) is 1. The second-order valence-electron chi connectivity index (χ2n) is 5.03. The number of rotatable bonds is 4. The molecule has 7 heteroatoms. The Bertz CT molecular complexity index is 592. The average molecular weight is 287 g/mol. The lowest BCUT2D eigenvalue weighted by atomic mass is 10.3. The van der Waals surface area contributed by atoms with Crippen LogP contribution in [0.3, 0.4) is 0 Å². The number of carbonyl (C=O) groups excluding carboxylic acids is 1. The number of alkyl carbamates (subject to hydrolysis) is 1. The molecule has 1 aliphatic rings. The molecule has 0 atom stereocenters. The number of nitrogens with one attached hydrogen (secondary N) is 1. The summed E-state index contributed by atoms with van der Waals surface area (Å²) in [4.78, 5) is 15.6. The van der Waals surface area contributed by atoms with Gasteiger partial charge in [-0.05, 0) is 37.8 Å². The third-order valence-corrected chi connectivity index (χ3v) is 3.46. The zero-order valence-corrected chi connectivity index (χ0v) is 11.6. The van der Waals surface area contributed by atoms with Crippen molar-refractivity contribution < 1.29 is 9.53 Å². The molecule has 0 aliphatic heterocycles. The van der Waals surface area contributed by atoms with Gasteiger partial charge in [-0.1, -0.05) is 5.21 Å². The molecule has 1 saturated carbocycles. The monoisotopic (exact) mass is 287 g/mol. The summed E-state index contributed by atoms with van der Waals surface area (Å²) in [6.07, 6.45) is 9.03. The molecule has 0 unspecified atom stereocenters. The molecule has 0 spiro atoms. The summed E-state index contributed by atoms with van der Waals surface area (Å²) in [6.45, 7) is 0.302. The minimum Gasteiger partial charge on any atom is -0.446 e. The summed E-state index contributed by atoms with van der Waals surface area (Å²) >= 11 is 0. The molecule has 110 valence electrons. The Hall–Kier alpha value is -2.44. The van der Waals surface area contributed by atoms with Crippen molar-refractivity contribution in [1.82, 2.24) is 25.3 Å². The molecule has 7 nitrogen and oxygen atoms in total. The van der Waals surface area contributed by atoms with Gasteiger partial charge in [-0.3, -0.25) is 4.98 Å². The van der Waals surface area contributed by atoms with E-state index in [4.69, 9.17) is 4.74 Å². The number of amides is 1. The number of carbonyl (C=O) groups is 1. The van der Waals surface area contributed by atoms with E-state index in [2.05, 4.69) is 20.6 Å². The van der Waals surface area contributed by atoms with Crippen molar-refractivity contribution in [3.63, 3.8) is 0 Å². The first kappa shape index (κ1) is 13.5. The van der Waals surface area contributed by atoms with Gasteiger partial charge in [0.15, 0.2) is 0 Å². The maximum Gasteiger partial charge on any atom is 0.407 e. The maximum absolute atomic E-state index is 11.7. The summed E-state index contributed by atoms with van der Waals surface area (Å²) in [7, 11) is 0. The Kier molecular flexibility index (Phi) is 4.09. The zero-order valence-electron chi connectivity index (χ0n) is 11.6. The first-order valence-electron chi connectivity index (χ1n) is 7.07. The van der Waals surface area contributed by atoms with E-state index in [1.54, 1.807) is 23.3 Å². The van der Waals surface area contributed by atoms with Crippen LogP contribution in [0.4, 0.5) is 4.79 Å². The van der Waals surface area contributed by atoms with E-state index in [0.717, 1.165) is 31.4 Å². The quantitative estimate of drug-likeness (QED) is 0.927. The van der Waals surface area contributed by atoms with Gasteiger partial charge >= 0.3 is 6.09 Å².